The first-order chi connectivity index (χ1) is 10.5. The average molecular weight is 302 g/mol. The number of hydrogen-bond donors (Lipinski definition) is 2. The smallest absolute Gasteiger partial charge is 0.258 e. The molecule has 2 rings (SSSR count). The minimum Gasteiger partial charge on any atom is -0.360 e. The van der Waals surface area contributed by atoms with Gasteiger partial charge in [0.05, 0.1) is 11.1 Å². The van der Waals surface area contributed by atoms with Crippen molar-refractivity contribution in [3.63, 3.8) is 0 Å². The number of hydrogen-bond acceptors (Lipinski definition) is 5. The van der Waals surface area contributed by atoms with Crippen LogP contribution in [0.4, 0.5) is 5.82 Å². The molecule has 7 nitrogen and oxygen atoms in total. The van der Waals surface area contributed by atoms with E-state index in [1.165, 1.54) is 18.5 Å². The lowest BCUT2D eigenvalue weighted by Gasteiger charge is -2.11. The van der Waals surface area contributed by atoms with Crippen molar-refractivity contribution in [3.8, 4) is 0 Å². The second-order valence-corrected chi connectivity index (χ2v) is 5.02. The Labute approximate surface area is 128 Å². The van der Waals surface area contributed by atoms with E-state index < -0.39 is 5.91 Å². The fraction of sp³-hybridized carbons (Fsp3) is 0.333. The number of carbonyl (C=O) groups excluding carboxylic acids is 2. The van der Waals surface area contributed by atoms with Gasteiger partial charge in [0.25, 0.3) is 11.8 Å². The molecule has 0 radical (unpaired) electrons. The van der Waals surface area contributed by atoms with Crippen LogP contribution in [-0.4, -0.2) is 28.0 Å². The maximum absolute atomic E-state index is 12.1. The van der Waals surface area contributed by atoms with Crippen LogP contribution in [0.2, 0.25) is 0 Å². The molecule has 116 valence electrons. The fourth-order valence-corrected chi connectivity index (χ4v) is 1.71. The molecule has 7 heteroatoms. The Morgan fingerprint density at radius 2 is 1.91 bits per heavy atom. The minimum atomic E-state index is -0.404. The van der Waals surface area contributed by atoms with Gasteiger partial charge >= 0.3 is 0 Å². The van der Waals surface area contributed by atoms with Crippen molar-refractivity contribution in [2.24, 2.45) is 0 Å². The molecule has 0 saturated carbocycles. The van der Waals surface area contributed by atoms with Crippen molar-refractivity contribution in [1.82, 2.24) is 15.5 Å². The second-order valence-electron chi connectivity index (χ2n) is 5.02. The van der Waals surface area contributed by atoms with E-state index in [1.54, 1.807) is 13.0 Å². The van der Waals surface area contributed by atoms with E-state index in [-0.39, 0.29) is 17.5 Å². The number of pyridine rings is 1. The molecule has 2 aromatic rings. The number of aryl methyl sites for hydroxylation is 1. The normalized spacial score (nSPS) is 11.8. The number of anilines is 1. The predicted octanol–water partition coefficient (Wildman–Crippen LogP) is 2.16. The summed E-state index contributed by atoms with van der Waals surface area (Å²) in [5.74, 6) is 0.250. The molecule has 0 aliphatic rings. The lowest BCUT2D eigenvalue weighted by molar-refractivity contribution is 0.0939. The number of nitrogens with one attached hydrogen (secondary N) is 2. The molecular formula is C15H18N4O3. The molecule has 2 N–H and O–H groups in total. The van der Waals surface area contributed by atoms with E-state index in [0.29, 0.717) is 17.1 Å². The SMILES string of the molecule is CCC(C)NC(=O)c1cncc(C(=O)Nc2cc(C)on2)c1. The van der Waals surface area contributed by atoms with Gasteiger partial charge in [-0.3, -0.25) is 14.6 Å². The Kier molecular flexibility index (Phi) is 4.88. The number of rotatable bonds is 5. The Balaban J connectivity index is 2.10. The molecule has 1 unspecified atom stereocenters. The van der Waals surface area contributed by atoms with E-state index in [9.17, 15) is 9.59 Å². The molecule has 0 aromatic carbocycles. The summed E-state index contributed by atoms with van der Waals surface area (Å²) in [5.41, 5.74) is 0.613. The van der Waals surface area contributed by atoms with Crippen molar-refractivity contribution >= 4 is 17.6 Å². The van der Waals surface area contributed by atoms with Crippen molar-refractivity contribution < 1.29 is 14.1 Å². The molecule has 0 saturated heterocycles. The van der Waals surface area contributed by atoms with Gasteiger partial charge < -0.3 is 15.2 Å². The number of aromatic nitrogens is 2. The van der Waals surface area contributed by atoms with Gasteiger partial charge in [-0.05, 0) is 26.3 Å². The number of carbonyl (C=O) groups is 2. The van der Waals surface area contributed by atoms with E-state index in [2.05, 4.69) is 20.8 Å². The summed E-state index contributed by atoms with van der Waals surface area (Å²) in [6.45, 7) is 5.62. The first-order valence-electron chi connectivity index (χ1n) is 7.00. The molecule has 22 heavy (non-hydrogen) atoms. The van der Waals surface area contributed by atoms with Crippen LogP contribution in [0, 0.1) is 6.92 Å². The molecule has 0 aliphatic heterocycles. The van der Waals surface area contributed by atoms with Crippen LogP contribution in [0.25, 0.3) is 0 Å². The van der Waals surface area contributed by atoms with Gasteiger partial charge in [-0.25, -0.2) is 0 Å². The third-order valence-corrected chi connectivity index (χ3v) is 3.12. The van der Waals surface area contributed by atoms with Crippen LogP contribution in [0.3, 0.4) is 0 Å². The van der Waals surface area contributed by atoms with Crippen LogP contribution in [0.5, 0.6) is 0 Å². The van der Waals surface area contributed by atoms with Crippen molar-refractivity contribution in [3.05, 3.63) is 41.4 Å². The molecule has 0 fully saturated rings. The Bertz CT molecular complexity index is 681. The molecule has 2 heterocycles. The summed E-state index contributed by atoms with van der Waals surface area (Å²) in [7, 11) is 0. The van der Waals surface area contributed by atoms with Crippen molar-refractivity contribution in [2.45, 2.75) is 33.2 Å². The standard InChI is InChI=1S/C15H18N4O3/c1-4-9(2)17-14(20)11-6-12(8-16-7-11)15(21)18-13-5-10(3)22-19-13/h5-9H,4H2,1-3H3,(H,17,20)(H,18,19,21). The quantitative estimate of drug-likeness (QED) is 0.882. The highest BCUT2D eigenvalue weighted by molar-refractivity contribution is 6.05. The highest BCUT2D eigenvalue weighted by Crippen LogP contribution is 2.10. The number of nitrogens with zero attached hydrogens (tertiary/aromatic N) is 2. The third kappa shape index (κ3) is 3.91. The molecule has 0 bridgehead atoms. The van der Waals surface area contributed by atoms with Crippen LogP contribution in [-0.2, 0) is 0 Å². The van der Waals surface area contributed by atoms with Crippen LogP contribution in [0.1, 0.15) is 46.7 Å². The summed E-state index contributed by atoms with van der Waals surface area (Å²) in [6, 6.07) is 3.15. The Morgan fingerprint density at radius 1 is 1.23 bits per heavy atom. The van der Waals surface area contributed by atoms with Crippen LogP contribution >= 0.6 is 0 Å². The molecule has 2 aromatic heterocycles. The predicted molar refractivity (Wildman–Crippen MR) is 80.6 cm³/mol. The van der Waals surface area contributed by atoms with E-state index in [0.717, 1.165) is 6.42 Å². The lowest BCUT2D eigenvalue weighted by atomic mass is 10.1. The van der Waals surface area contributed by atoms with Crippen molar-refractivity contribution in [2.75, 3.05) is 5.32 Å². The third-order valence-electron chi connectivity index (χ3n) is 3.12. The van der Waals surface area contributed by atoms with Gasteiger partial charge in [-0.15, -0.1) is 0 Å². The lowest BCUT2D eigenvalue weighted by Crippen LogP contribution is -2.32. The fourth-order valence-electron chi connectivity index (χ4n) is 1.71. The molecular weight excluding hydrogens is 284 g/mol. The van der Waals surface area contributed by atoms with Crippen LogP contribution in [0.15, 0.2) is 29.0 Å². The number of amides is 2. The highest BCUT2D eigenvalue weighted by Gasteiger charge is 2.14. The van der Waals surface area contributed by atoms with Crippen LogP contribution < -0.4 is 10.6 Å². The first kappa shape index (κ1) is 15.7. The first-order valence-corrected chi connectivity index (χ1v) is 7.00. The van der Waals surface area contributed by atoms with Gasteiger partial charge in [-0.2, -0.15) is 0 Å². The summed E-state index contributed by atoms with van der Waals surface area (Å²) in [5, 5.41) is 9.09. The molecule has 0 aliphatic carbocycles. The second kappa shape index (κ2) is 6.84. The largest absolute Gasteiger partial charge is 0.360 e. The van der Waals surface area contributed by atoms with E-state index >= 15 is 0 Å². The van der Waals surface area contributed by atoms with Gasteiger partial charge in [0.15, 0.2) is 5.82 Å². The van der Waals surface area contributed by atoms with Gasteiger partial charge in [0.2, 0.25) is 0 Å². The van der Waals surface area contributed by atoms with Gasteiger partial charge in [-0.1, -0.05) is 12.1 Å². The summed E-state index contributed by atoms with van der Waals surface area (Å²) >= 11 is 0. The molecule has 2 amide bonds. The summed E-state index contributed by atoms with van der Waals surface area (Å²) < 4.78 is 4.87. The zero-order valence-electron chi connectivity index (χ0n) is 12.7. The van der Waals surface area contributed by atoms with Gasteiger partial charge in [0, 0.05) is 24.5 Å². The zero-order chi connectivity index (χ0) is 16.1. The van der Waals surface area contributed by atoms with E-state index in [1.807, 2.05) is 13.8 Å². The maximum Gasteiger partial charge on any atom is 0.258 e. The Morgan fingerprint density at radius 3 is 2.50 bits per heavy atom. The average Bonchev–Trinajstić information content (AvgIpc) is 2.92. The molecule has 1 atom stereocenters. The topological polar surface area (TPSA) is 97.1 Å². The molecule has 0 spiro atoms. The zero-order valence-corrected chi connectivity index (χ0v) is 12.7. The highest BCUT2D eigenvalue weighted by atomic mass is 16.5. The minimum absolute atomic E-state index is 0.0584. The monoisotopic (exact) mass is 302 g/mol. The maximum atomic E-state index is 12.1. The summed E-state index contributed by atoms with van der Waals surface area (Å²) in [4.78, 5) is 28.1. The Hall–Kier alpha value is -2.70. The van der Waals surface area contributed by atoms with E-state index in [4.69, 9.17) is 4.52 Å². The summed E-state index contributed by atoms with van der Waals surface area (Å²) in [6.07, 6.45) is 3.64. The van der Waals surface area contributed by atoms with Crippen molar-refractivity contribution in [1.29, 1.82) is 0 Å². The van der Waals surface area contributed by atoms with Gasteiger partial charge in [0.1, 0.15) is 5.76 Å².